The van der Waals surface area contributed by atoms with E-state index in [0.29, 0.717) is 11.1 Å². The van der Waals surface area contributed by atoms with Crippen LogP contribution in [0.5, 0.6) is 0 Å². The van der Waals surface area contributed by atoms with Crippen LogP contribution in [0.15, 0.2) is 41.5 Å². The van der Waals surface area contributed by atoms with E-state index in [0.717, 1.165) is 27.7 Å². The van der Waals surface area contributed by atoms with Gasteiger partial charge in [0.05, 0.1) is 17.1 Å². The van der Waals surface area contributed by atoms with E-state index in [1.807, 2.05) is 0 Å². The van der Waals surface area contributed by atoms with Crippen molar-refractivity contribution < 1.29 is 67.4 Å². The van der Waals surface area contributed by atoms with Crippen molar-refractivity contribution in [3.05, 3.63) is 47.0 Å². The molecule has 0 spiro atoms. The van der Waals surface area contributed by atoms with Gasteiger partial charge in [0.1, 0.15) is 30.5 Å². The summed E-state index contributed by atoms with van der Waals surface area (Å²) in [6.07, 6.45) is -9.01. The molecule has 3 aliphatic rings. The number of esters is 6. The van der Waals surface area contributed by atoms with Gasteiger partial charge in [-0.2, -0.15) is 0 Å². The lowest BCUT2D eigenvalue weighted by atomic mass is 9.46. The second-order valence-corrected chi connectivity index (χ2v) is 14.5. The highest BCUT2D eigenvalue weighted by atomic mass is 16.6. The van der Waals surface area contributed by atoms with Gasteiger partial charge in [-0.25, -0.2) is 4.79 Å². The Bertz CT molecular complexity index is 1580. The maximum Gasteiger partial charge on any atom is 0.338 e. The highest BCUT2D eigenvalue weighted by Crippen LogP contribution is 2.62. The maximum absolute atomic E-state index is 14.1. The molecule has 0 heterocycles. The van der Waals surface area contributed by atoms with E-state index in [-0.39, 0.29) is 12.0 Å². The normalized spacial score (nSPS) is 34.0. The van der Waals surface area contributed by atoms with Gasteiger partial charge >= 0.3 is 35.8 Å². The number of aliphatic hydroxyl groups excluding tert-OH is 1. The molecule has 1 aromatic carbocycles. The molecule has 14 heteroatoms. The third kappa shape index (κ3) is 7.52. The molecule has 3 aliphatic carbocycles. The van der Waals surface area contributed by atoms with Crippen molar-refractivity contribution >= 4 is 35.8 Å². The molecule has 4 rings (SSSR count). The van der Waals surface area contributed by atoms with Crippen molar-refractivity contribution in [2.75, 3.05) is 6.61 Å². The number of aliphatic hydroxyl groups is 2. The molecule has 2 N–H and O–H groups in total. The summed E-state index contributed by atoms with van der Waals surface area (Å²) < 4.78 is 35.5. The minimum Gasteiger partial charge on any atom is -0.463 e. The van der Waals surface area contributed by atoms with Crippen molar-refractivity contribution in [1.29, 1.82) is 0 Å². The summed E-state index contributed by atoms with van der Waals surface area (Å²) >= 11 is 0. The van der Waals surface area contributed by atoms with Gasteiger partial charge in [-0.05, 0) is 42.0 Å². The van der Waals surface area contributed by atoms with Gasteiger partial charge in [0.25, 0.3) is 0 Å². The van der Waals surface area contributed by atoms with Crippen molar-refractivity contribution in [1.82, 2.24) is 0 Å². The first kappa shape index (κ1) is 39.5. The Labute approximate surface area is 296 Å². The predicted molar refractivity (Wildman–Crippen MR) is 176 cm³/mol. The molecule has 10 atom stereocenters. The van der Waals surface area contributed by atoms with Gasteiger partial charge in [0.15, 0.2) is 12.2 Å². The lowest BCUT2D eigenvalue weighted by Gasteiger charge is -2.64. The first-order valence-electron chi connectivity index (χ1n) is 16.9. The predicted octanol–water partition coefficient (Wildman–Crippen LogP) is 3.00. The Balaban J connectivity index is 2.20. The van der Waals surface area contributed by atoms with Crippen LogP contribution in [0.2, 0.25) is 0 Å². The molecule has 0 amide bonds. The van der Waals surface area contributed by atoms with Crippen LogP contribution in [0.1, 0.15) is 85.5 Å². The third-order valence-electron chi connectivity index (χ3n) is 10.8. The standard InChI is InChI=1S/C37H48O14/c1-18-26(47-20(3)39)15-25-30(51-34(44)24-13-11-10-12-14-24)32-36(9,28(48-21(4)40)16-27(43)37(32,45)17-46-19(2)38)33(50-23(6)42)31(49-22(5)41)29(18)35(25,7)8/h10-14,25-28,30-33,43,45H,15-17H2,1-9H3/t25-,26-,27-,28-,30+,31+,32-,33-,36+,37-/m0/s1. The fraction of sp³-hybridized carbons (Fsp3) is 0.622. The van der Waals surface area contributed by atoms with Crippen molar-refractivity contribution in [3.63, 3.8) is 0 Å². The van der Waals surface area contributed by atoms with E-state index in [2.05, 4.69) is 0 Å². The van der Waals surface area contributed by atoms with E-state index in [1.165, 1.54) is 26.0 Å². The number of ether oxygens (including phenoxy) is 6. The summed E-state index contributed by atoms with van der Waals surface area (Å²) in [6, 6.07) is 8.00. The van der Waals surface area contributed by atoms with E-state index >= 15 is 0 Å². The summed E-state index contributed by atoms with van der Waals surface area (Å²) in [5.41, 5.74) is -4.42. The van der Waals surface area contributed by atoms with Gasteiger partial charge in [-0.3, -0.25) is 24.0 Å². The lowest BCUT2D eigenvalue weighted by molar-refractivity contribution is -0.297. The minimum atomic E-state index is -2.46. The van der Waals surface area contributed by atoms with Crippen LogP contribution < -0.4 is 0 Å². The second kappa shape index (κ2) is 14.7. The number of hydrogen-bond donors (Lipinski definition) is 2. The average Bonchev–Trinajstić information content (AvgIpc) is 3.01. The molecule has 1 aromatic rings. The molecule has 14 nitrogen and oxygen atoms in total. The molecule has 0 aromatic heterocycles. The maximum atomic E-state index is 14.1. The Hall–Kier alpha value is -4.30. The zero-order valence-electron chi connectivity index (χ0n) is 30.4. The van der Waals surface area contributed by atoms with Crippen LogP contribution >= 0.6 is 0 Å². The van der Waals surface area contributed by atoms with E-state index in [4.69, 9.17) is 28.4 Å². The van der Waals surface area contributed by atoms with Crippen LogP contribution in [0.3, 0.4) is 0 Å². The number of hydrogen-bond acceptors (Lipinski definition) is 14. The topological polar surface area (TPSA) is 198 Å². The summed E-state index contributed by atoms with van der Waals surface area (Å²) in [7, 11) is 0. The van der Waals surface area contributed by atoms with E-state index < -0.39 is 114 Å². The number of fused-ring (bicyclic) bond motifs is 3. The molecular weight excluding hydrogens is 668 g/mol. The van der Waals surface area contributed by atoms with Crippen LogP contribution in [0.4, 0.5) is 0 Å². The van der Waals surface area contributed by atoms with Crippen molar-refractivity contribution in [2.24, 2.45) is 22.7 Å². The van der Waals surface area contributed by atoms with E-state index in [9.17, 15) is 39.0 Å². The zero-order chi connectivity index (χ0) is 38.2. The quantitative estimate of drug-likeness (QED) is 0.226. The van der Waals surface area contributed by atoms with Crippen LogP contribution in [0.25, 0.3) is 0 Å². The van der Waals surface area contributed by atoms with Crippen LogP contribution in [-0.4, -0.2) is 94.9 Å². The molecular formula is C37H48O14. The average molecular weight is 717 g/mol. The number of carbonyl (C=O) groups is 6. The number of rotatable bonds is 8. The van der Waals surface area contributed by atoms with Gasteiger partial charge in [0.2, 0.25) is 0 Å². The molecule has 0 radical (unpaired) electrons. The first-order valence-corrected chi connectivity index (χ1v) is 16.9. The molecule has 2 saturated carbocycles. The van der Waals surface area contributed by atoms with Crippen LogP contribution in [0, 0.1) is 22.7 Å². The Morgan fingerprint density at radius 2 is 1.33 bits per heavy atom. The molecule has 51 heavy (non-hydrogen) atoms. The van der Waals surface area contributed by atoms with Gasteiger partial charge in [-0.1, -0.05) is 39.0 Å². The first-order chi connectivity index (χ1) is 23.7. The van der Waals surface area contributed by atoms with Gasteiger partial charge in [0, 0.05) is 52.9 Å². The monoisotopic (exact) mass is 716 g/mol. The molecule has 0 saturated heterocycles. The number of carbonyl (C=O) groups excluding carboxylic acids is 6. The Morgan fingerprint density at radius 1 is 0.765 bits per heavy atom. The Morgan fingerprint density at radius 3 is 1.86 bits per heavy atom. The zero-order valence-corrected chi connectivity index (χ0v) is 30.4. The molecule has 280 valence electrons. The minimum absolute atomic E-state index is 0.0181. The van der Waals surface area contributed by atoms with Crippen LogP contribution in [-0.2, 0) is 52.4 Å². The second-order valence-electron chi connectivity index (χ2n) is 14.5. The fourth-order valence-corrected chi connectivity index (χ4v) is 8.73. The largest absolute Gasteiger partial charge is 0.463 e. The third-order valence-corrected chi connectivity index (χ3v) is 10.8. The molecule has 2 fully saturated rings. The summed E-state index contributed by atoms with van der Waals surface area (Å²) in [6.45, 7) is 11.7. The highest BCUT2D eigenvalue weighted by Gasteiger charge is 2.73. The number of benzene rings is 1. The van der Waals surface area contributed by atoms with Crippen molar-refractivity contribution in [2.45, 2.75) is 117 Å². The highest BCUT2D eigenvalue weighted by molar-refractivity contribution is 5.89. The fourth-order valence-electron chi connectivity index (χ4n) is 8.73. The summed E-state index contributed by atoms with van der Waals surface area (Å²) in [4.78, 5) is 77.5. The molecule has 2 bridgehead atoms. The summed E-state index contributed by atoms with van der Waals surface area (Å²) in [5, 5.41) is 24.6. The van der Waals surface area contributed by atoms with Crippen molar-refractivity contribution in [3.8, 4) is 0 Å². The molecule has 0 aliphatic heterocycles. The smallest absolute Gasteiger partial charge is 0.338 e. The molecule has 0 unspecified atom stereocenters. The van der Waals surface area contributed by atoms with Gasteiger partial charge < -0.3 is 38.6 Å². The Kier molecular flexibility index (Phi) is 11.4. The van der Waals surface area contributed by atoms with Gasteiger partial charge in [-0.15, -0.1) is 0 Å². The SMILES string of the molecule is CC(=O)OC[C@@]1(O)[C@H]2[C@H](OC(=O)c3ccccc3)[C@@H]3C[C@H](OC(C)=O)C(C)=C([C@@H](OC(C)=O)[C@H](OC(C)=O)[C@]2(C)[C@@H](OC(C)=O)C[C@@H]1O)C3(C)C. The summed E-state index contributed by atoms with van der Waals surface area (Å²) in [5.74, 6) is -7.12. The lowest BCUT2D eigenvalue weighted by Crippen LogP contribution is -2.76. The van der Waals surface area contributed by atoms with E-state index in [1.54, 1.807) is 39.0 Å².